The molecule has 2 aromatic heterocycles. The number of rotatable bonds is 4. The van der Waals surface area contributed by atoms with Gasteiger partial charge in [0.25, 0.3) is 0 Å². The van der Waals surface area contributed by atoms with E-state index in [1.807, 2.05) is 17.7 Å². The van der Waals surface area contributed by atoms with Gasteiger partial charge < -0.3 is 10.1 Å². The van der Waals surface area contributed by atoms with E-state index in [1.165, 1.54) is 11.3 Å². The first-order chi connectivity index (χ1) is 10.2. The Balaban J connectivity index is 1.61. The van der Waals surface area contributed by atoms with Crippen molar-refractivity contribution in [2.75, 3.05) is 25.0 Å². The number of hydrogen-bond acceptors (Lipinski definition) is 7. The van der Waals surface area contributed by atoms with E-state index in [1.54, 1.807) is 23.7 Å². The van der Waals surface area contributed by atoms with Crippen molar-refractivity contribution in [2.45, 2.75) is 19.1 Å². The molecule has 0 aliphatic carbocycles. The van der Waals surface area contributed by atoms with Crippen molar-refractivity contribution in [3.05, 3.63) is 28.2 Å². The first kappa shape index (κ1) is 14.6. The SMILES string of the molecule is C[C@@H](C(=O)Nc1nccs1)N1CCO[C@H](c2nccs2)C1. The van der Waals surface area contributed by atoms with Gasteiger partial charge in [0, 0.05) is 36.2 Å². The highest BCUT2D eigenvalue weighted by atomic mass is 32.1. The largest absolute Gasteiger partial charge is 0.368 e. The van der Waals surface area contributed by atoms with Crippen LogP contribution < -0.4 is 5.32 Å². The average molecular weight is 324 g/mol. The summed E-state index contributed by atoms with van der Waals surface area (Å²) in [6, 6.07) is -0.222. The Labute approximate surface area is 130 Å². The van der Waals surface area contributed by atoms with Gasteiger partial charge in [0.15, 0.2) is 5.13 Å². The van der Waals surface area contributed by atoms with Crippen LogP contribution in [-0.4, -0.2) is 46.5 Å². The van der Waals surface area contributed by atoms with Crippen LogP contribution in [0.1, 0.15) is 18.0 Å². The van der Waals surface area contributed by atoms with E-state index in [4.69, 9.17) is 4.74 Å². The minimum Gasteiger partial charge on any atom is -0.368 e. The van der Waals surface area contributed by atoms with E-state index in [9.17, 15) is 4.79 Å². The fourth-order valence-electron chi connectivity index (χ4n) is 2.22. The second-order valence-electron chi connectivity index (χ2n) is 4.73. The lowest BCUT2D eigenvalue weighted by atomic mass is 10.2. The highest BCUT2D eigenvalue weighted by molar-refractivity contribution is 7.13. The van der Waals surface area contributed by atoms with Crippen LogP contribution >= 0.6 is 22.7 Å². The van der Waals surface area contributed by atoms with Crippen LogP contribution in [0, 0.1) is 0 Å². The number of nitrogens with one attached hydrogen (secondary N) is 1. The summed E-state index contributed by atoms with van der Waals surface area (Å²) in [7, 11) is 0. The van der Waals surface area contributed by atoms with Gasteiger partial charge >= 0.3 is 0 Å². The van der Waals surface area contributed by atoms with Gasteiger partial charge in [-0.3, -0.25) is 9.69 Å². The lowest BCUT2D eigenvalue weighted by Gasteiger charge is -2.35. The van der Waals surface area contributed by atoms with Crippen molar-refractivity contribution in [1.29, 1.82) is 0 Å². The molecule has 2 atom stereocenters. The quantitative estimate of drug-likeness (QED) is 0.932. The average Bonchev–Trinajstić information content (AvgIpc) is 3.20. The number of carbonyl (C=O) groups is 1. The molecule has 0 unspecified atom stereocenters. The zero-order chi connectivity index (χ0) is 14.7. The Morgan fingerprint density at radius 2 is 2.24 bits per heavy atom. The number of ether oxygens (including phenoxy) is 1. The third kappa shape index (κ3) is 3.46. The van der Waals surface area contributed by atoms with Gasteiger partial charge in [-0.1, -0.05) is 0 Å². The standard InChI is InChI=1S/C13H16N4O2S2/c1-9(11(18)16-13-15-3-7-21-13)17-4-5-19-10(8-17)12-14-2-6-20-12/h2-3,6-7,9-10H,4-5,8H2,1H3,(H,15,16,18)/t9-,10-/m0/s1. The van der Waals surface area contributed by atoms with E-state index in [0.717, 1.165) is 11.6 Å². The fraction of sp³-hybridized carbons (Fsp3) is 0.462. The molecule has 112 valence electrons. The molecule has 1 N–H and O–H groups in total. The van der Waals surface area contributed by atoms with Crippen molar-refractivity contribution in [3.8, 4) is 0 Å². The van der Waals surface area contributed by atoms with E-state index in [2.05, 4.69) is 20.2 Å². The third-order valence-electron chi connectivity index (χ3n) is 3.41. The number of anilines is 1. The molecule has 0 spiro atoms. The van der Waals surface area contributed by atoms with Crippen molar-refractivity contribution < 1.29 is 9.53 Å². The summed E-state index contributed by atoms with van der Waals surface area (Å²) in [4.78, 5) is 22.8. The van der Waals surface area contributed by atoms with E-state index >= 15 is 0 Å². The molecular formula is C13H16N4O2S2. The predicted molar refractivity (Wildman–Crippen MR) is 82.6 cm³/mol. The van der Waals surface area contributed by atoms with Gasteiger partial charge in [-0.2, -0.15) is 0 Å². The number of amides is 1. The first-order valence-electron chi connectivity index (χ1n) is 6.69. The molecule has 0 saturated carbocycles. The zero-order valence-corrected chi connectivity index (χ0v) is 13.2. The Bertz CT molecular complexity index is 573. The number of carbonyl (C=O) groups excluding carboxylic acids is 1. The monoisotopic (exact) mass is 324 g/mol. The molecule has 0 aromatic carbocycles. The maximum atomic E-state index is 12.3. The Morgan fingerprint density at radius 3 is 2.95 bits per heavy atom. The molecule has 6 nitrogen and oxygen atoms in total. The summed E-state index contributed by atoms with van der Waals surface area (Å²) in [5.74, 6) is -0.0373. The molecule has 1 saturated heterocycles. The van der Waals surface area contributed by atoms with Gasteiger partial charge in [0.05, 0.1) is 12.6 Å². The van der Waals surface area contributed by atoms with Crippen molar-refractivity contribution in [2.24, 2.45) is 0 Å². The molecule has 1 aliphatic heterocycles. The van der Waals surface area contributed by atoms with Gasteiger partial charge in [-0.25, -0.2) is 9.97 Å². The number of morpholine rings is 1. The number of thiazole rings is 2. The van der Waals surface area contributed by atoms with Crippen LogP contribution in [0.2, 0.25) is 0 Å². The van der Waals surface area contributed by atoms with Gasteiger partial charge in [0.2, 0.25) is 5.91 Å². The van der Waals surface area contributed by atoms with Gasteiger partial charge in [-0.05, 0) is 6.92 Å². The molecule has 3 heterocycles. The second kappa shape index (κ2) is 6.61. The molecule has 0 radical (unpaired) electrons. The Hall–Kier alpha value is -1.35. The van der Waals surface area contributed by atoms with Crippen LogP contribution in [0.25, 0.3) is 0 Å². The van der Waals surface area contributed by atoms with Gasteiger partial charge in [0.1, 0.15) is 11.1 Å². The number of nitrogens with zero attached hydrogens (tertiary/aromatic N) is 3. The zero-order valence-electron chi connectivity index (χ0n) is 11.6. The van der Waals surface area contributed by atoms with Crippen LogP contribution in [0.4, 0.5) is 5.13 Å². The summed E-state index contributed by atoms with van der Waals surface area (Å²) in [5, 5.41) is 8.22. The fourth-order valence-corrected chi connectivity index (χ4v) is 3.43. The topological polar surface area (TPSA) is 67.4 Å². The molecule has 21 heavy (non-hydrogen) atoms. The van der Waals surface area contributed by atoms with E-state index < -0.39 is 0 Å². The summed E-state index contributed by atoms with van der Waals surface area (Å²) in [6.45, 7) is 3.95. The smallest absolute Gasteiger partial charge is 0.243 e. The summed E-state index contributed by atoms with van der Waals surface area (Å²) in [5.41, 5.74) is 0. The number of hydrogen-bond donors (Lipinski definition) is 1. The highest BCUT2D eigenvalue weighted by Gasteiger charge is 2.30. The molecule has 3 rings (SSSR count). The lowest BCUT2D eigenvalue weighted by Crippen LogP contribution is -2.48. The maximum absolute atomic E-state index is 12.3. The molecule has 8 heteroatoms. The highest BCUT2D eigenvalue weighted by Crippen LogP contribution is 2.25. The Morgan fingerprint density at radius 1 is 1.43 bits per heavy atom. The molecule has 1 amide bonds. The predicted octanol–water partition coefficient (Wildman–Crippen LogP) is 2.00. The maximum Gasteiger partial charge on any atom is 0.243 e. The van der Waals surface area contributed by atoms with Crippen LogP contribution in [0.5, 0.6) is 0 Å². The second-order valence-corrected chi connectivity index (χ2v) is 6.55. The molecule has 1 fully saturated rings. The molecule has 0 bridgehead atoms. The third-order valence-corrected chi connectivity index (χ3v) is 4.97. The van der Waals surface area contributed by atoms with Crippen molar-refractivity contribution in [1.82, 2.24) is 14.9 Å². The normalized spacial score (nSPS) is 21.1. The van der Waals surface area contributed by atoms with E-state index in [0.29, 0.717) is 18.3 Å². The van der Waals surface area contributed by atoms with Crippen molar-refractivity contribution in [3.63, 3.8) is 0 Å². The minimum absolute atomic E-state index is 0.0373. The minimum atomic E-state index is -0.222. The van der Waals surface area contributed by atoms with Crippen LogP contribution in [-0.2, 0) is 9.53 Å². The summed E-state index contributed by atoms with van der Waals surface area (Å²) < 4.78 is 5.75. The van der Waals surface area contributed by atoms with E-state index in [-0.39, 0.29) is 18.1 Å². The summed E-state index contributed by atoms with van der Waals surface area (Å²) >= 11 is 3.00. The molecule has 2 aromatic rings. The van der Waals surface area contributed by atoms with Crippen LogP contribution in [0.3, 0.4) is 0 Å². The van der Waals surface area contributed by atoms with Crippen molar-refractivity contribution >= 4 is 33.7 Å². The lowest BCUT2D eigenvalue weighted by molar-refractivity contribution is -0.124. The summed E-state index contributed by atoms with van der Waals surface area (Å²) in [6.07, 6.45) is 3.41. The Kier molecular flexibility index (Phi) is 4.59. The molecule has 1 aliphatic rings. The van der Waals surface area contributed by atoms with Crippen LogP contribution in [0.15, 0.2) is 23.2 Å². The molecular weight excluding hydrogens is 308 g/mol. The first-order valence-corrected chi connectivity index (χ1v) is 8.45. The van der Waals surface area contributed by atoms with Gasteiger partial charge in [-0.15, -0.1) is 22.7 Å². The number of aromatic nitrogens is 2.